The predicted molar refractivity (Wildman–Crippen MR) is 86.4 cm³/mol. The number of rotatable bonds is 2. The number of fused-ring (bicyclic) bond motifs is 1. The first-order valence-corrected chi connectivity index (χ1v) is 8.21. The maximum absolute atomic E-state index is 13.5. The summed E-state index contributed by atoms with van der Waals surface area (Å²) in [5.41, 5.74) is 2.11. The summed E-state index contributed by atoms with van der Waals surface area (Å²) in [6, 6.07) is 4.90. The molecule has 0 spiro atoms. The van der Waals surface area contributed by atoms with Crippen LogP contribution in [0.1, 0.15) is 36.9 Å². The highest BCUT2D eigenvalue weighted by molar-refractivity contribution is 7.15. The minimum absolute atomic E-state index is 0.228. The number of thiazole rings is 1. The smallest absolute Gasteiger partial charge is 0.125 e. The van der Waals surface area contributed by atoms with Gasteiger partial charge in [0.25, 0.3) is 0 Å². The van der Waals surface area contributed by atoms with Crippen LogP contribution in [0.5, 0.6) is 0 Å². The van der Waals surface area contributed by atoms with E-state index in [1.807, 2.05) is 7.05 Å². The first-order valence-electron chi connectivity index (χ1n) is 7.01. The number of hydrogen-bond donors (Lipinski definition) is 1. The van der Waals surface area contributed by atoms with E-state index in [2.05, 4.69) is 19.2 Å². The van der Waals surface area contributed by atoms with Crippen LogP contribution in [0.3, 0.4) is 0 Å². The lowest BCUT2D eigenvalue weighted by molar-refractivity contribution is 0.265. The molecular formula is C16H18ClFN2S. The second-order valence-electron chi connectivity index (χ2n) is 6.37. The minimum atomic E-state index is -0.323. The molecule has 21 heavy (non-hydrogen) atoms. The van der Waals surface area contributed by atoms with Crippen molar-refractivity contribution in [2.24, 2.45) is 5.41 Å². The summed E-state index contributed by atoms with van der Waals surface area (Å²) in [6.07, 6.45) is 2.04. The van der Waals surface area contributed by atoms with E-state index in [1.165, 1.54) is 17.0 Å². The summed E-state index contributed by atoms with van der Waals surface area (Å²) in [5, 5.41) is 4.63. The Morgan fingerprint density at radius 3 is 2.81 bits per heavy atom. The average Bonchev–Trinajstić information content (AvgIpc) is 2.78. The van der Waals surface area contributed by atoms with E-state index in [0.717, 1.165) is 29.1 Å². The van der Waals surface area contributed by atoms with Crippen molar-refractivity contribution in [3.8, 4) is 10.6 Å². The maximum Gasteiger partial charge on any atom is 0.125 e. The van der Waals surface area contributed by atoms with E-state index in [4.69, 9.17) is 16.6 Å². The Kier molecular flexibility index (Phi) is 3.80. The molecule has 0 aliphatic heterocycles. The highest BCUT2D eigenvalue weighted by Crippen LogP contribution is 2.44. The van der Waals surface area contributed by atoms with Crippen LogP contribution >= 0.6 is 22.9 Å². The molecule has 1 heterocycles. The van der Waals surface area contributed by atoms with Crippen LogP contribution in [0.2, 0.25) is 5.02 Å². The number of halogens is 2. The van der Waals surface area contributed by atoms with Gasteiger partial charge in [-0.2, -0.15) is 0 Å². The molecule has 1 unspecified atom stereocenters. The first kappa shape index (κ1) is 14.9. The van der Waals surface area contributed by atoms with Crippen LogP contribution in [0, 0.1) is 11.2 Å². The number of hydrogen-bond acceptors (Lipinski definition) is 3. The SMILES string of the molecule is CNC1CC(C)(C)Cc2nc(-c3cc(F)cc(Cl)c3)sc21. The largest absolute Gasteiger partial charge is 0.312 e. The van der Waals surface area contributed by atoms with Crippen molar-refractivity contribution >= 4 is 22.9 Å². The van der Waals surface area contributed by atoms with E-state index in [1.54, 1.807) is 17.4 Å². The standard InChI is InChI=1S/C16H18ClFN2S/c1-16(2)7-12(19-3)14-13(8-16)20-15(21-14)9-4-10(17)6-11(18)5-9/h4-6,12,19H,7-8H2,1-3H3. The third kappa shape index (κ3) is 2.98. The third-order valence-corrected chi connectivity index (χ3v) is 5.38. The molecule has 5 heteroatoms. The molecule has 0 radical (unpaired) electrons. The summed E-state index contributed by atoms with van der Waals surface area (Å²) in [6.45, 7) is 4.52. The van der Waals surface area contributed by atoms with Crippen molar-refractivity contribution in [1.82, 2.24) is 10.3 Å². The van der Waals surface area contributed by atoms with E-state index in [-0.39, 0.29) is 11.2 Å². The van der Waals surface area contributed by atoms with Gasteiger partial charge in [0.05, 0.1) is 5.69 Å². The normalized spacial score (nSPS) is 20.3. The highest BCUT2D eigenvalue weighted by Gasteiger charge is 2.34. The fourth-order valence-electron chi connectivity index (χ4n) is 2.97. The molecular weight excluding hydrogens is 307 g/mol. The van der Waals surface area contributed by atoms with Gasteiger partial charge in [0.15, 0.2) is 0 Å². The van der Waals surface area contributed by atoms with Gasteiger partial charge in [-0.15, -0.1) is 11.3 Å². The molecule has 0 fully saturated rings. The summed E-state index contributed by atoms with van der Waals surface area (Å²) < 4.78 is 13.5. The van der Waals surface area contributed by atoms with Gasteiger partial charge < -0.3 is 5.32 Å². The second kappa shape index (κ2) is 5.34. The number of aromatic nitrogens is 1. The summed E-state index contributed by atoms with van der Waals surface area (Å²) in [5.74, 6) is -0.323. The number of benzene rings is 1. The van der Waals surface area contributed by atoms with E-state index in [0.29, 0.717) is 11.1 Å². The van der Waals surface area contributed by atoms with Gasteiger partial charge in [0.2, 0.25) is 0 Å². The molecule has 1 aromatic heterocycles. The fraction of sp³-hybridized carbons (Fsp3) is 0.438. The van der Waals surface area contributed by atoms with Crippen molar-refractivity contribution in [3.05, 3.63) is 39.6 Å². The van der Waals surface area contributed by atoms with Gasteiger partial charge >= 0.3 is 0 Å². The van der Waals surface area contributed by atoms with Gasteiger partial charge in [-0.25, -0.2) is 9.37 Å². The zero-order valence-corrected chi connectivity index (χ0v) is 13.9. The molecule has 2 nitrogen and oxygen atoms in total. The van der Waals surface area contributed by atoms with Crippen molar-refractivity contribution in [1.29, 1.82) is 0 Å². The molecule has 0 amide bonds. The van der Waals surface area contributed by atoms with Crippen molar-refractivity contribution < 1.29 is 4.39 Å². The molecule has 1 aliphatic rings. The summed E-state index contributed by atoms with van der Waals surface area (Å²) in [7, 11) is 1.98. The minimum Gasteiger partial charge on any atom is -0.312 e. The molecule has 0 saturated carbocycles. The number of nitrogens with one attached hydrogen (secondary N) is 1. The topological polar surface area (TPSA) is 24.9 Å². The number of nitrogens with zero attached hydrogens (tertiary/aromatic N) is 1. The molecule has 1 N–H and O–H groups in total. The van der Waals surface area contributed by atoms with Crippen molar-refractivity contribution in [3.63, 3.8) is 0 Å². The lowest BCUT2D eigenvalue weighted by Crippen LogP contribution is -2.30. The third-order valence-electron chi connectivity index (χ3n) is 3.90. The Morgan fingerprint density at radius 1 is 1.38 bits per heavy atom. The summed E-state index contributed by atoms with van der Waals surface area (Å²) >= 11 is 7.59. The van der Waals surface area contributed by atoms with E-state index >= 15 is 0 Å². The van der Waals surface area contributed by atoms with Gasteiger partial charge in [-0.3, -0.25) is 0 Å². The Labute approximate surface area is 133 Å². The Hall–Kier alpha value is -0.970. The average molecular weight is 325 g/mol. The van der Waals surface area contributed by atoms with Crippen LogP contribution in [-0.4, -0.2) is 12.0 Å². The quantitative estimate of drug-likeness (QED) is 0.855. The summed E-state index contributed by atoms with van der Waals surface area (Å²) in [4.78, 5) is 6.02. The predicted octanol–water partition coefficient (Wildman–Crippen LogP) is 4.84. The van der Waals surface area contributed by atoms with Gasteiger partial charge in [0.1, 0.15) is 10.8 Å². The Bertz CT molecular complexity index is 661. The molecule has 0 saturated heterocycles. The molecule has 0 bridgehead atoms. The molecule has 1 aromatic carbocycles. The highest BCUT2D eigenvalue weighted by atomic mass is 35.5. The van der Waals surface area contributed by atoms with E-state index in [9.17, 15) is 4.39 Å². The van der Waals surface area contributed by atoms with Crippen LogP contribution in [-0.2, 0) is 6.42 Å². The lowest BCUT2D eigenvalue weighted by atomic mass is 9.76. The first-order chi connectivity index (χ1) is 9.88. The Balaban J connectivity index is 2.06. The molecule has 2 aromatic rings. The van der Waals surface area contributed by atoms with Crippen molar-refractivity contribution in [2.45, 2.75) is 32.7 Å². The van der Waals surface area contributed by atoms with Crippen LogP contribution < -0.4 is 5.32 Å². The zero-order chi connectivity index (χ0) is 15.2. The van der Waals surface area contributed by atoms with Gasteiger partial charge in [-0.1, -0.05) is 25.4 Å². The second-order valence-corrected chi connectivity index (χ2v) is 7.84. The molecule has 1 aliphatic carbocycles. The molecule has 1 atom stereocenters. The van der Waals surface area contributed by atoms with E-state index < -0.39 is 0 Å². The van der Waals surface area contributed by atoms with Crippen LogP contribution in [0.25, 0.3) is 10.6 Å². The van der Waals surface area contributed by atoms with Crippen molar-refractivity contribution in [2.75, 3.05) is 7.05 Å². The van der Waals surface area contributed by atoms with Gasteiger partial charge in [0, 0.05) is 21.5 Å². The monoisotopic (exact) mass is 324 g/mol. The zero-order valence-electron chi connectivity index (χ0n) is 12.3. The lowest BCUT2D eigenvalue weighted by Gasteiger charge is -2.34. The van der Waals surface area contributed by atoms with Gasteiger partial charge in [-0.05, 0) is 43.5 Å². The molecule has 3 rings (SSSR count). The molecule has 112 valence electrons. The fourth-order valence-corrected chi connectivity index (χ4v) is 4.37. The van der Waals surface area contributed by atoms with Crippen LogP contribution in [0.4, 0.5) is 4.39 Å². The van der Waals surface area contributed by atoms with Crippen LogP contribution in [0.15, 0.2) is 18.2 Å². The Morgan fingerprint density at radius 2 is 2.14 bits per heavy atom. The maximum atomic E-state index is 13.5.